The van der Waals surface area contributed by atoms with Gasteiger partial charge in [0.15, 0.2) is 11.7 Å². The molecule has 13 nitrogen and oxygen atoms in total. The number of hydrogen-bond acceptors (Lipinski definition) is 10. The molecule has 3 aromatic heterocycles. The van der Waals surface area contributed by atoms with Gasteiger partial charge in [0.25, 0.3) is 11.1 Å². The lowest BCUT2D eigenvalue weighted by molar-refractivity contribution is -0.389. The van der Waals surface area contributed by atoms with E-state index in [-0.39, 0.29) is 22.6 Å². The molecule has 0 fully saturated rings. The number of nitrogens with one attached hydrogen (secondary N) is 3. The van der Waals surface area contributed by atoms with Crippen LogP contribution in [0.25, 0.3) is 11.6 Å². The Morgan fingerprint density at radius 3 is 3.00 bits per heavy atom. The van der Waals surface area contributed by atoms with Crippen LogP contribution in [0.2, 0.25) is 0 Å². The van der Waals surface area contributed by atoms with Crippen molar-refractivity contribution in [2.75, 3.05) is 18.4 Å². The van der Waals surface area contributed by atoms with Gasteiger partial charge < -0.3 is 25.2 Å². The van der Waals surface area contributed by atoms with Crippen LogP contribution < -0.4 is 10.6 Å². The standard InChI is InChI=1S/C15H18N10O3S/c1-3-17-14(18-4-2)20-12-9(6-16-8-19-12)7-29-15-24-23-13(28-15)10-5-11(22-21-10)25(26)27/h5-6,8H,3-4,7H2,1-2H3,(H,21,22)(H2,16,17,18,19,20). The molecule has 3 aromatic rings. The van der Waals surface area contributed by atoms with E-state index in [2.05, 4.69) is 46.0 Å². The quantitative estimate of drug-likeness (QED) is 0.160. The van der Waals surface area contributed by atoms with E-state index < -0.39 is 4.92 Å². The predicted molar refractivity (Wildman–Crippen MR) is 105 cm³/mol. The molecular formula is C15H18N10O3S. The summed E-state index contributed by atoms with van der Waals surface area (Å²) in [5.41, 5.74) is 1.02. The molecule has 0 aromatic carbocycles. The van der Waals surface area contributed by atoms with Crippen molar-refractivity contribution in [1.29, 1.82) is 0 Å². The minimum absolute atomic E-state index is 0.0871. The second-order valence-electron chi connectivity index (χ2n) is 5.43. The molecule has 29 heavy (non-hydrogen) atoms. The lowest BCUT2D eigenvalue weighted by Crippen LogP contribution is -2.31. The fourth-order valence-corrected chi connectivity index (χ4v) is 2.91. The first-order chi connectivity index (χ1) is 14.1. The minimum Gasteiger partial charge on any atom is -0.409 e. The Morgan fingerprint density at radius 2 is 2.28 bits per heavy atom. The summed E-state index contributed by atoms with van der Waals surface area (Å²) in [7, 11) is 0. The third-order valence-corrected chi connectivity index (χ3v) is 4.29. The lowest BCUT2D eigenvalue weighted by atomic mass is 10.3. The number of guanidine groups is 1. The van der Waals surface area contributed by atoms with Crippen LogP contribution in [0.1, 0.15) is 19.4 Å². The molecule has 0 spiro atoms. The SMILES string of the molecule is CCN=C(NCC)Nc1ncncc1CSc1nnc(-c2cc([N+](=O)[O-])[nH]n2)o1. The Kier molecular flexibility index (Phi) is 6.67. The van der Waals surface area contributed by atoms with E-state index in [0.717, 1.165) is 12.1 Å². The second-order valence-corrected chi connectivity index (χ2v) is 6.36. The van der Waals surface area contributed by atoms with Crippen molar-refractivity contribution in [2.45, 2.75) is 24.8 Å². The van der Waals surface area contributed by atoms with Crippen LogP contribution in [0, 0.1) is 10.1 Å². The highest BCUT2D eigenvalue weighted by atomic mass is 32.2. The summed E-state index contributed by atoms with van der Waals surface area (Å²) in [5, 5.41) is 31.2. The van der Waals surface area contributed by atoms with E-state index in [1.165, 1.54) is 24.2 Å². The van der Waals surface area contributed by atoms with E-state index in [1.54, 1.807) is 6.20 Å². The molecule has 14 heteroatoms. The van der Waals surface area contributed by atoms with Crippen molar-refractivity contribution in [1.82, 2.24) is 35.7 Å². The topological polar surface area (TPSA) is 173 Å². The summed E-state index contributed by atoms with van der Waals surface area (Å²) in [6.07, 6.45) is 3.13. The van der Waals surface area contributed by atoms with Gasteiger partial charge in [-0.1, -0.05) is 16.9 Å². The van der Waals surface area contributed by atoms with Gasteiger partial charge in [0.1, 0.15) is 12.1 Å². The number of anilines is 1. The number of H-pyrrole nitrogens is 1. The molecule has 0 saturated carbocycles. The summed E-state index contributed by atoms with van der Waals surface area (Å²) in [6.45, 7) is 5.26. The maximum Gasteiger partial charge on any atom is 0.343 e. The van der Waals surface area contributed by atoms with Crippen LogP contribution in [-0.4, -0.2) is 54.3 Å². The average Bonchev–Trinajstić information content (AvgIpc) is 3.37. The summed E-state index contributed by atoms with van der Waals surface area (Å²) in [6, 6.07) is 1.23. The lowest BCUT2D eigenvalue weighted by Gasteiger charge is -2.12. The van der Waals surface area contributed by atoms with Crippen molar-refractivity contribution < 1.29 is 9.34 Å². The minimum atomic E-state index is -0.587. The van der Waals surface area contributed by atoms with Gasteiger partial charge >= 0.3 is 5.82 Å². The zero-order valence-corrected chi connectivity index (χ0v) is 16.4. The maximum atomic E-state index is 10.7. The van der Waals surface area contributed by atoms with Gasteiger partial charge in [-0.3, -0.25) is 4.99 Å². The molecule has 0 aliphatic carbocycles. The Morgan fingerprint density at radius 1 is 1.41 bits per heavy atom. The van der Waals surface area contributed by atoms with Gasteiger partial charge in [0.2, 0.25) is 0 Å². The Balaban J connectivity index is 1.68. The van der Waals surface area contributed by atoms with Crippen LogP contribution >= 0.6 is 11.8 Å². The van der Waals surface area contributed by atoms with E-state index in [1.807, 2.05) is 13.8 Å². The number of nitrogens with zero attached hydrogens (tertiary/aromatic N) is 7. The third-order valence-electron chi connectivity index (χ3n) is 3.42. The molecule has 0 aliphatic heterocycles. The van der Waals surface area contributed by atoms with Gasteiger partial charge in [-0.25, -0.2) is 9.97 Å². The van der Waals surface area contributed by atoms with Crippen molar-refractivity contribution in [3.8, 4) is 11.6 Å². The molecule has 152 valence electrons. The van der Waals surface area contributed by atoms with Crippen LogP contribution in [0.4, 0.5) is 11.6 Å². The Labute approximate surface area is 169 Å². The molecular weight excluding hydrogens is 400 g/mol. The van der Waals surface area contributed by atoms with E-state index in [4.69, 9.17) is 4.42 Å². The fraction of sp³-hybridized carbons (Fsp3) is 0.333. The largest absolute Gasteiger partial charge is 0.409 e. The molecule has 0 saturated heterocycles. The average molecular weight is 418 g/mol. The van der Waals surface area contributed by atoms with Crippen molar-refractivity contribution in [2.24, 2.45) is 4.99 Å². The molecule has 3 N–H and O–H groups in total. The first-order valence-corrected chi connectivity index (χ1v) is 9.60. The van der Waals surface area contributed by atoms with Gasteiger partial charge in [0.05, 0.1) is 6.07 Å². The number of aromatic nitrogens is 6. The van der Waals surface area contributed by atoms with E-state index in [9.17, 15) is 10.1 Å². The van der Waals surface area contributed by atoms with E-state index in [0.29, 0.717) is 24.1 Å². The van der Waals surface area contributed by atoms with Crippen molar-refractivity contribution in [3.63, 3.8) is 0 Å². The van der Waals surface area contributed by atoms with Crippen LogP contribution in [0.15, 0.2) is 33.2 Å². The highest BCUT2D eigenvalue weighted by Crippen LogP contribution is 2.27. The Hall–Kier alpha value is -3.55. The number of thioether (sulfide) groups is 1. The monoisotopic (exact) mass is 418 g/mol. The molecule has 0 atom stereocenters. The predicted octanol–water partition coefficient (Wildman–Crippen LogP) is 1.85. The van der Waals surface area contributed by atoms with Crippen LogP contribution in [0.3, 0.4) is 0 Å². The fourth-order valence-electron chi connectivity index (χ4n) is 2.18. The molecule has 0 bridgehead atoms. The summed E-state index contributed by atoms with van der Waals surface area (Å²) in [5.74, 6) is 1.53. The third kappa shape index (κ3) is 5.25. The number of nitro groups is 1. The van der Waals surface area contributed by atoms with Crippen molar-refractivity contribution in [3.05, 3.63) is 34.3 Å². The summed E-state index contributed by atoms with van der Waals surface area (Å²) < 4.78 is 5.52. The van der Waals surface area contributed by atoms with Gasteiger partial charge in [-0.15, -0.1) is 15.3 Å². The smallest absolute Gasteiger partial charge is 0.343 e. The molecule has 0 amide bonds. The Bertz CT molecular complexity index is 1000. The first-order valence-electron chi connectivity index (χ1n) is 8.61. The van der Waals surface area contributed by atoms with Crippen LogP contribution in [0.5, 0.6) is 0 Å². The number of aromatic amines is 1. The van der Waals surface area contributed by atoms with Crippen molar-refractivity contribution >= 4 is 29.4 Å². The highest BCUT2D eigenvalue weighted by molar-refractivity contribution is 7.98. The first kappa shape index (κ1) is 20.2. The molecule has 0 radical (unpaired) electrons. The van der Waals surface area contributed by atoms with Gasteiger partial charge in [-0.2, -0.15) is 0 Å². The van der Waals surface area contributed by atoms with Crippen LogP contribution in [-0.2, 0) is 5.75 Å². The molecule has 3 rings (SSSR count). The van der Waals surface area contributed by atoms with Gasteiger partial charge in [-0.05, 0) is 18.8 Å². The molecule has 0 unspecified atom stereocenters. The normalized spacial score (nSPS) is 11.4. The van der Waals surface area contributed by atoms with E-state index >= 15 is 0 Å². The summed E-state index contributed by atoms with van der Waals surface area (Å²) >= 11 is 1.28. The number of hydrogen-bond donors (Lipinski definition) is 3. The molecule has 3 heterocycles. The summed E-state index contributed by atoms with van der Waals surface area (Å²) in [4.78, 5) is 22.8. The highest BCUT2D eigenvalue weighted by Gasteiger charge is 2.18. The maximum absolute atomic E-state index is 10.7. The molecule has 0 aliphatic rings. The zero-order chi connectivity index (χ0) is 20.6. The van der Waals surface area contributed by atoms with Gasteiger partial charge in [0, 0.05) is 30.6 Å². The second kappa shape index (κ2) is 9.59. The number of aliphatic imine (C=N–C) groups is 1. The number of rotatable bonds is 8. The zero-order valence-electron chi connectivity index (χ0n) is 15.6.